The molecule has 7 nitrogen and oxygen atoms in total. The molecular formula is C20H25N5O2. The van der Waals surface area contributed by atoms with Gasteiger partial charge >= 0.3 is 0 Å². The maximum absolute atomic E-state index is 12.5. The van der Waals surface area contributed by atoms with Crippen molar-refractivity contribution in [3.8, 4) is 11.3 Å². The van der Waals surface area contributed by atoms with Gasteiger partial charge in [0, 0.05) is 24.7 Å². The molecule has 1 saturated carbocycles. The van der Waals surface area contributed by atoms with Crippen molar-refractivity contribution in [2.24, 2.45) is 5.92 Å². The summed E-state index contributed by atoms with van der Waals surface area (Å²) in [6.45, 7) is 0.714. The van der Waals surface area contributed by atoms with Crippen molar-refractivity contribution in [3.63, 3.8) is 0 Å². The van der Waals surface area contributed by atoms with Gasteiger partial charge in [-0.3, -0.25) is 9.59 Å². The lowest BCUT2D eigenvalue weighted by Crippen LogP contribution is -2.30. The average molecular weight is 367 g/mol. The number of carbonyl (C=O) groups excluding carboxylic acids is 2. The fraction of sp³-hybridized carbons (Fsp3) is 0.400. The minimum atomic E-state index is -0.400. The fourth-order valence-corrected chi connectivity index (χ4v) is 3.37. The number of anilines is 1. The lowest BCUT2D eigenvalue weighted by molar-refractivity contribution is 0.0940. The van der Waals surface area contributed by atoms with Crippen LogP contribution in [-0.4, -0.2) is 35.4 Å². The standard InChI is InChI=1S/C20H25N5O2/c1-22-20(27)17-18(21)23-12-16(25-17)14-8-5-9-15(10-14)19(26)24-11-13-6-3-2-4-7-13/h5,8-10,12-13H,2-4,6-7,11H2,1H3,(H2,21,23)(H,22,27)(H,24,26). The summed E-state index contributed by atoms with van der Waals surface area (Å²) in [5.41, 5.74) is 7.56. The Morgan fingerprint density at radius 3 is 2.70 bits per heavy atom. The first-order valence-electron chi connectivity index (χ1n) is 9.31. The molecule has 3 rings (SSSR count). The van der Waals surface area contributed by atoms with Gasteiger partial charge in [0.25, 0.3) is 11.8 Å². The van der Waals surface area contributed by atoms with Crippen LogP contribution in [0.1, 0.15) is 53.0 Å². The molecule has 1 aliphatic carbocycles. The molecule has 0 bridgehead atoms. The van der Waals surface area contributed by atoms with Crippen molar-refractivity contribution in [3.05, 3.63) is 41.7 Å². The fourth-order valence-electron chi connectivity index (χ4n) is 3.37. The Bertz CT molecular complexity index is 831. The molecule has 1 heterocycles. The molecule has 1 aromatic carbocycles. The van der Waals surface area contributed by atoms with E-state index in [2.05, 4.69) is 20.6 Å². The topological polar surface area (TPSA) is 110 Å². The Morgan fingerprint density at radius 2 is 1.96 bits per heavy atom. The van der Waals surface area contributed by atoms with Crippen LogP contribution < -0.4 is 16.4 Å². The van der Waals surface area contributed by atoms with Crippen LogP contribution in [0, 0.1) is 5.92 Å². The Morgan fingerprint density at radius 1 is 1.19 bits per heavy atom. The molecule has 1 aromatic heterocycles. The maximum Gasteiger partial charge on any atom is 0.273 e. The molecule has 1 aliphatic rings. The first kappa shape index (κ1) is 18.8. The van der Waals surface area contributed by atoms with Crippen LogP contribution in [0.25, 0.3) is 11.3 Å². The highest BCUT2D eigenvalue weighted by atomic mass is 16.2. The van der Waals surface area contributed by atoms with Gasteiger partial charge in [0.1, 0.15) is 0 Å². The molecule has 4 N–H and O–H groups in total. The van der Waals surface area contributed by atoms with Gasteiger partial charge in [-0.1, -0.05) is 31.4 Å². The molecule has 7 heteroatoms. The van der Waals surface area contributed by atoms with Crippen LogP contribution in [-0.2, 0) is 0 Å². The van der Waals surface area contributed by atoms with E-state index in [1.807, 2.05) is 6.07 Å². The van der Waals surface area contributed by atoms with Crippen LogP contribution >= 0.6 is 0 Å². The maximum atomic E-state index is 12.5. The van der Waals surface area contributed by atoms with Gasteiger partial charge in [-0.05, 0) is 30.9 Å². The summed E-state index contributed by atoms with van der Waals surface area (Å²) >= 11 is 0. The SMILES string of the molecule is CNC(=O)c1nc(-c2cccc(C(=O)NCC3CCCCC3)c2)cnc1N. The van der Waals surface area contributed by atoms with Crippen molar-refractivity contribution in [1.29, 1.82) is 0 Å². The third kappa shape index (κ3) is 4.61. The predicted molar refractivity (Wildman–Crippen MR) is 104 cm³/mol. The highest BCUT2D eigenvalue weighted by Crippen LogP contribution is 2.23. The van der Waals surface area contributed by atoms with Crippen LogP contribution in [0.2, 0.25) is 0 Å². The number of aromatic nitrogens is 2. The summed E-state index contributed by atoms with van der Waals surface area (Å²) in [7, 11) is 1.51. The quantitative estimate of drug-likeness (QED) is 0.752. The molecule has 2 amide bonds. The molecule has 142 valence electrons. The highest BCUT2D eigenvalue weighted by molar-refractivity contribution is 5.97. The largest absolute Gasteiger partial charge is 0.382 e. The van der Waals surface area contributed by atoms with E-state index in [0.717, 1.165) is 0 Å². The number of amides is 2. The van der Waals surface area contributed by atoms with Gasteiger partial charge in [0.05, 0.1) is 11.9 Å². The van der Waals surface area contributed by atoms with Gasteiger partial charge in [-0.15, -0.1) is 0 Å². The Hall–Kier alpha value is -2.96. The number of nitrogens with two attached hydrogens (primary N) is 1. The molecule has 0 atom stereocenters. The second kappa shape index (κ2) is 8.62. The number of benzene rings is 1. The van der Waals surface area contributed by atoms with Crippen molar-refractivity contribution in [2.75, 3.05) is 19.3 Å². The molecule has 0 aliphatic heterocycles. The molecule has 0 saturated heterocycles. The Kier molecular flexibility index (Phi) is 6.01. The minimum absolute atomic E-state index is 0.0690. The van der Waals surface area contributed by atoms with E-state index in [-0.39, 0.29) is 17.4 Å². The van der Waals surface area contributed by atoms with Gasteiger partial charge in [0.15, 0.2) is 11.5 Å². The average Bonchev–Trinajstić information content (AvgIpc) is 2.72. The number of hydrogen-bond donors (Lipinski definition) is 3. The van der Waals surface area contributed by atoms with Crippen molar-refractivity contribution < 1.29 is 9.59 Å². The van der Waals surface area contributed by atoms with E-state index in [9.17, 15) is 9.59 Å². The number of rotatable bonds is 5. The van der Waals surface area contributed by atoms with E-state index >= 15 is 0 Å². The summed E-state index contributed by atoms with van der Waals surface area (Å²) in [6.07, 6.45) is 7.67. The first-order chi connectivity index (χ1) is 13.1. The number of nitrogen functional groups attached to an aromatic ring is 1. The number of nitrogens with one attached hydrogen (secondary N) is 2. The molecular weight excluding hydrogens is 342 g/mol. The summed E-state index contributed by atoms with van der Waals surface area (Å²) in [4.78, 5) is 32.7. The molecule has 2 aromatic rings. The zero-order valence-electron chi connectivity index (χ0n) is 15.5. The molecule has 27 heavy (non-hydrogen) atoms. The van der Waals surface area contributed by atoms with Crippen molar-refractivity contribution in [2.45, 2.75) is 32.1 Å². The predicted octanol–water partition coefficient (Wildman–Crippen LogP) is 2.40. The molecule has 0 radical (unpaired) electrons. The summed E-state index contributed by atoms with van der Waals surface area (Å²) in [6, 6.07) is 7.14. The first-order valence-corrected chi connectivity index (χ1v) is 9.31. The van der Waals surface area contributed by atoms with Gasteiger partial charge < -0.3 is 16.4 Å². The number of carbonyl (C=O) groups is 2. The summed E-state index contributed by atoms with van der Waals surface area (Å²) in [5, 5.41) is 5.53. The lowest BCUT2D eigenvalue weighted by atomic mass is 9.89. The van der Waals surface area contributed by atoms with Crippen molar-refractivity contribution in [1.82, 2.24) is 20.6 Å². The molecule has 0 unspecified atom stereocenters. The lowest BCUT2D eigenvalue weighted by Gasteiger charge is -2.21. The van der Waals surface area contributed by atoms with E-state index < -0.39 is 5.91 Å². The van der Waals surface area contributed by atoms with Gasteiger partial charge in [-0.2, -0.15) is 0 Å². The van der Waals surface area contributed by atoms with E-state index in [0.29, 0.717) is 29.3 Å². The van der Waals surface area contributed by atoms with Crippen LogP contribution in [0.3, 0.4) is 0 Å². The number of nitrogens with zero attached hydrogens (tertiary/aromatic N) is 2. The van der Waals surface area contributed by atoms with E-state index in [4.69, 9.17) is 5.73 Å². The zero-order valence-corrected chi connectivity index (χ0v) is 15.5. The van der Waals surface area contributed by atoms with Crippen LogP contribution in [0.5, 0.6) is 0 Å². The zero-order chi connectivity index (χ0) is 19.2. The smallest absolute Gasteiger partial charge is 0.273 e. The third-order valence-electron chi connectivity index (χ3n) is 4.94. The Labute approximate surface area is 158 Å². The van der Waals surface area contributed by atoms with E-state index in [1.54, 1.807) is 18.2 Å². The van der Waals surface area contributed by atoms with Crippen molar-refractivity contribution >= 4 is 17.6 Å². The van der Waals surface area contributed by atoms with Gasteiger partial charge in [-0.25, -0.2) is 9.97 Å². The van der Waals surface area contributed by atoms with Crippen LogP contribution in [0.15, 0.2) is 30.5 Å². The Balaban J connectivity index is 1.75. The molecule has 1 fully saturated rings. The van der Waals surface area contributed by atoms with E-state index in [1.165, 1.54) is 45.3 Å². The second-order valence-corrected chi connectivity index (χ2v) is 6.86. The monoisotopic (exact) mass is 367 g/mol. The van der Waals surface area contributed by atoms with Crippen LogP contribution in [0.4, 0.5) is 5.82 Å². The number of hydrogen-bond acceptors (Lipinski definition) is 5. The summed E-state index contributed by atoms with van der Waals surface area (Å²) in [5.74, 6) is 0.143. The second-order valence-electron chi connectivity index (χ2n) is 6.86. The summed E-state index contributed by atoms with van der Waals surface area (Å²) < 4.78 is 0. The normalized spacial score (nSPS) is 14.6. The highest BCUT2D eigenvalue weighted by Gasteiger charge is 2.16. The van der Waals surface area contributed by atoms with Gasteiger partial charge in [0.2, 0.25) is 0 Å². The minimum Gasteiger partial charge on any atom is -0.382 e. The molecule has 0 spiro atoms. The third-order valence-corrected chi connectivity index (χ3v) is 4.94.